The Balaban J connectivity index is 1.50. The zero-order valence-corrected chi connectivity index (χ0v) is 16.4. The Morgan fingerprint density at radius 1 is 0.852 bits per heavy atom. The fourth-order valence-electron chi connectivity index (χ4n) is 6.35. The van der Waals surface area contributed by atoms with Gasteiger partial charge in [0.05, 0.1) is 0 Å². The number of nitrogens with one attached hydrogen (secondary N) is 1. The molecule has 2 heterocycles. The standard InChI is InChI=1S/C26H29N/c1-16-5-6-17-7-10-21-19-3-2-4-20(22(19)12-13-23(21)25(17)15-16)24-11-8-18-9-14-26(24)27-18/h2-4,12-13,15,18,24,26-27H,5-11,14H2,1H3. The Kier molecular flexibility index (Phi) is 3.63. The lowest BCUT2D eigenvalue weighted by Gasteiger charge is -2.32. The highest BCUT2D eigenvalue weighted by Gasteiger charge is 2.36. The highest BCUT2D eigenvalue weighted by atomic mass is 15.0. The summed E-state index contributed by atoms with van der Waals surface area (Å²) in [5.41, 5.74) is 9.50. The molecule has 1 nitrogen and oxygen atoms in total. The van der Waals surface area contributed by atoms with E-state index in [0.29, 0.717) is 12.0 Å². The molecule has 3 unspecified atom stereocenters. The molecule has 2 aliphatic carbocycles. The molecule has 1 N–H and O–H groups in total. The van der Waals surface area contributed by atoms with E-state index in [1.165, 1.54) is 67.7 Å². The fourth-order valence-corrected chi connectivity index (χ4v) is 6.35. The monoisotopic (exact) mass is 355 g/mol. The molecule has 2 aromatic rings. The minimum atomic E-state index is 0.695. The van der Waals surface area contributed by atoms with E-state index >= 15 is 0 Å². The van der Waals surface area contributed by atoms with Crippen LogP contribution in [0.3, 0.4) is 0 Å². The number of hydrogen-bond donors (Lipinski definition) is 1. The summed E-state index contributed by atoms with van der Waals surface area (Å²) in [6.45, 7) is 2.29. The summed E-state index contributed by atoms with van der Waals surface area (Å²) in [5.74, 6) is 0.695. The van der Waals surface area contributed by atoms with Gasteiger partial charge in [0.2, 0.25) is 0 Å². The Morgan fingerprint density at radius 2 is 1.74 bits per heavy atom. The van der Waals surface area contributed by atoms with Crippen LogP contribution in [0.1, 0.15) is 74.5 Å². The Morgan fingerprint density at radius 3 is 2.70 bits per heavy atom. The quantitative estimate of drug-likeness (QED) is 0.635. The van der Waals surface area contributed by atoms with Crippen LogP contribution in [0.4, 0.5) is 0 Å². The minimum absolute atomic E-state index is 0.695. The normalized spacial score (nSPS) is 29.5. The summed E-state index contributed by atoms with van der Waals surface area (Å²) < 4.78 is 0. The van der Waals surface area contributed by atoms with Crippen molar-refractivity contribution in [3.63, 3.8) is 0 Å². The average molecular weight is 356 g/mol. The summed E-state index contributed by atoms with van der Waals surface area (Å²) in [6, 6.07) is 13.5. The molecule has 2 saturated heterocycles. The van der Waals surface area contributed by atoms with E-state index in [0.717, 1.165) is 6.04 Å². The summed E-state index contributed by atoms with van der Waals surface area (Å²) >= 11 is 0. The number of benzene rings is 2. The number of rotatable bonds is 1. The van der Waals surface area contributed by atoms with Crippen molar-refractivity contribution in [2.24, 2.45) is 0 Å². The molecule has 2 fully saturated rings. The fraction of sp³-hybridized carbons (Fsp3) is 0.462. The van der Waals surface area contributed by atoms with Crippen LogP contribution in [-0.4, -0.2) is 12.1 Å². The third-order valence-corrected chi connectivity index (χ3v) is 7.75. The van der Waals surface area contributed by atoms with Crippen LogP contribution in [0, 0.1) is 0 Å². The second-order valence-corrected chi connectivity index (χ2v) is 9.27. The molecule has 3 atom stereocenters. The first-order valence-electron chi connectivity index (χ1n) is 11.0. The highest BCUT2D eigenvalue weighted by molar-refractivity contribution is 5.96. The lowest BCUT2D eigenvalue weighted by atomic mass is 9.76. The van der Waals surface area contributed by atoms with E-state index in [1.807, 2.05) is 0 Å². The van der Waals surface area contributed by atoms with Crippen LogP contribution in [0.2, 0.25) is 0 Å². The first kappa shape index (κ1) is 16.1. The maximum Gasteiger partial charge on any atom is 0.0139 e. The maximum atomic E-state index is 3.89. The van der Waals surface area contributed by atoms with Crippen molar-refractivity contribution in [2.75, 3.05) is 0 Å². The van der Waals surface area contributed by atoms with Gasteiger partial charge in [0.15, 0.2) is 0 Å². The molecule has 6 rings (SSSR count). The van der Waals surface area contributed by atoms with Gasteiger partial charge in [-0.3, -0.25) is 0 Å². The van der Waals surface area contributed by atoms with Crippen LogP contribution in [0.15, 0.2) is 47.6 Å². The number of fused-ring (bicyclic) bond motifs is 6. The molecular weight excluding hydrogens is 326 g/mol. The van der Waals surface area contributed by atoms with Crippen molar-refractivity contribution in [3.8, 4) is 0 Å². The van der Waals surface area contributed by atoms with Gasteiger partial charge >= 0.3 is 0 Å². The van der Waals surface area contributed by atoms with Crippen LogP contribution in [-0.2, 0) is 6.42 Å². The van der Waals surface area contributed by atoms with E-state index in [1.54, 1.807) is 27.8 Å². The van der Waals surface area contributed by atoms with Crippen molar-refractivity contribution >= 4 is 16.3 Å². The largest absolute Gasteiger partial charge is 0.311 e. The van der Waals surface area contributed by atoms with Crippen molar-refractivity contribution in [3.05, 3.63) is 64.2 Å². The van der Waals surface area contributed by atoms with Gasteiger partial charge in [0.25, 0.3) is 0 Å². The van der Waals surface area contributed by atoms with E-state index in [-0.39, 0.29) is 0 Å². The first-order chi connectivity index (χ1) is 13.3. The summed E-state index contributed by atoms with van der Waals surface area (Å²) in [5, 5.41) is 6.94. The second kappa shape index (κ2) is 6.07. The molecule has 2 bridgehead atoms. The van der Waals surface area contributed by atoms with Crippen molar-refractivity contribution < 1.29 is 0 Å². The van der Waals surface area contributed by atoms with Crippen LogP contribution in [0.25, 0.3) is 16.3 Å². The van der Waals surface area contributed by atoms with Gasteiger partial charge in [-0.1, -0.05) is 47.6 Å². The molecule has 0 amide bonds. The topological polar surface area (TPSA) is 12.0 Å². The minimum Gasteiger partial charge on any atom is -0.311 e. The molecule has 0 saturated carbocycles. The smallest absolute Gasteiger partial charge is 0.0139 e. The van der Waals surface area contributed by atoms with Gasteiger partial charge in [-0.05, 0) is 97.2 Å². The SMILES string of the molecule is CC1=CC2=C(CC1)CCc1c2ccc2c(C3CCC4CCC3N4)cccc12. The van der Waals surface area contributed by atoms with E-state index in [4.69, 9.17) is 0 Å². The van der Waals surface area contributed by atoms with Gasteiger partial charge in [-0.2, -0.15) is 0 Å². The molecule has 4 aliphatic rings. The molecule has 0 aromatic heterocycles. The number of piperidine rings is 1. The molecule has 138 valence electrons. The molecule has 0 spiro atoms. The molecule has 27 heavy (non-hydrogen) atoms. The van der Waals surface area contributed by atoms with E-state index < -0.39 is 0 Å². The third-order valence-electron chi connectivity index (χ3n) is 7.75. The molecular formula is C26H29N. The summed E-state index contributed by atoms with van der Waals surface area (Å²) in [6.07, 6.45) is 12.9. The summed E-state index contributed by atoms with van der Waals surface area (Å²) in [4.78, 5) is 0. The van der Waals surface area contributed by atoms with Crippen molar-refractivity contribution in [1.82, 2.24) is 5.32 Å². The van der Waals surface area contributed by atoms with Gasteiger partial charge in [0.1, 0.15) is 0 Å². The third kappa shape index (κ3) is 2.48. The van der Waals surface area contributed by atoms with E-state index in [9.17, 15) is 0 Å². The maximum absolute atomic E-state index is 3.89. The van der Waals surface area contributed by atoms with Gasteiger partial charge in [-0.25, -0.2) is 0 Å². The van der Waals surface area contributed by atoms with Gasteiger partial charge in [-0.15, -0.1) is 0 Å². The van der Waals surface area contributed by atoms with Gasteiger partial charge in [0, 0.05) is 12.1 Å². The average Bonchev–Trinajstić information content (AvgIpc) is 3.08. The van der Waals surface area contributed by atoms with Crippen molar-refractivity contribution in [2.45, 2.75) is 76.3 Å². The van der Waals surface area contributed by atoms with Crippen LogP contribution >= 0.6 is 0 Å². The Bertz CT molecular complexity index is 993. The van der Waals surface area contributed by atoms with Gasteiger partial charge < -0.3 is 5.32 Å². The Hall–Kier alpha value is -1.86. The second-order valence-electron chi connectivity index (χ2n) is 9.27. The first-order valence-corrected chi connectivity index (χ1v) is 11.0. The number of aryl methyl sites for hydroxylation is 1. The van der Waals surface area contributed by atoms with Crippen LogP contribution < -0.4 is 5.32 Å². The summed E-state index contributed by atoms with van der Waals surface area (Å²) in [7, 11) is 0. The Labute approximate surface area is 162 Å². The van der Waals surface area contributed by atoms with E-state index in [2.05, 4.69) is 48.6 Å². The number of hydrogen-bond acceptors (Lipinski definition) is 1. The molecule has 2 aromatic carbocycles. The van der Waals surface area contributed by atoms with Crippen molar-refractivity contribution in [1.29, 1.82) is 0 Å². The van der Waals surface area contributed by atoms with Crippen LogP contribution in [0.5, 0.6) is 0 Å². The number of allylic oxidation sites excluding steroid dienone is 4. The lowest BCUT2D eigenvalue weighted by Crippen LogP contribution is -2.39. The molecule has 2 aliphatic heterocycles. The zero-order chi connectivity index (χ0) is 18.0. The predicted octanol–water partition coefficient (Wildman–Crippen LogP) is 6.28. The highest BCUT2D eigenvalue weighted by Crippen LogP contribution is 2.44. The lowest BCUT2D eigenvalue weighted by molar-refractivity contribution is 0.360. The predicted molar refractivity (Wildman–Crippen MR) is 114 cm³/mol. The molecule has 0 radical (unpaired) electrons. The zero-order valence-electron chi connectivity index (χ0n) is 16.4. The molecule has 1 heteroatoms.